The van der Waals surface area contributed by atoms with Crippen LogP contribution in [0.2, 0.25) is 0 Å². The maximum absolute atomic E-state index is 11.8. The molecule has 0 aliphatic carbocycles. The predicted molar refractivity (Wildman–Crippen MR) is 64.2 cm³/mol. The Kier molecular flexibility index (Phi) is 5.41. The van der Waals surface area contributed by atoms with Gasteiger partial charge in [-0.2, -0.15) is 0 Å². The van der Waals surface area contributed by atoms with E-state index in [0.29, 0.717) is 39.0 Å². The van der Waals surface area contributed by atoms with Crippen LogP contribution in [0.25, 0.3) is 0 Å². The van der Waals surface area contributed by atoms with Crippen LogP contribution in [-0.2, 0) is 14.3 Å². The quantitative estimate of drug-likeness (QED) is 0.730. The van der Waals surface area contributed by atoms with E-state index in [1.807, 2.05) is 6.92 Å². The molecule has 2 N–H and O–H groups in total. The minimum Gasteiger partial charge on any atom is -0.466 e. The largest absolute Gasteiger partial charge is 0.466 e. The molecule has 0 aromatic carbocycles. The van der Waals surface area contributed by atoms with Crippen molar-refractivity contribution in [1.82, 2.24) is 4.90 Å². The summed E-state index contributed by atoms with van der Waals surface area (Å²) in [5.74, 6) is -0.203. The molecule has 1 saturated heterocycles. The van der Waals surface area contributed by atoms with E-state index in [2.05, 4.69) is 0 Å². The van der Waals surface area contributed by atoms with Gasteiger partial charge in [0.1, 0.15) is 0 Å². The molecule has 17 heavy (non-hydrogen) atoms. The topological polar surface area (TPSA) is 72.6 Å². The van der Waals surface area contributed by atoms with Gasteiger partial charge in [0.25, 0.3) is 0 Å². The van der Waals surface area contributed by atoms with Crippen LogP contribution in [0.1, 0.15) is 33.1 Å². The lowest BCUT2D eigenvalue weighted by Crippen LogP contribution is -2.47. The Bertz CT molecular complexity index is 273. The zero-order valence-corrected chi connectivity index (χ0v) is 10.6. The fourth-order valence-electron chi connectivity index (χ4n) is 2.00. The lowest BCUT2D eigenvalue weighted by atomic mass is 9.96. The van der Waals surface area contributed by atoms with Gasteiger partial charge in [0.05, 0.1) is 18.6 Å². The first-order chi connectivity index (χ1) is 8.10. The van der Waals surface area contributed by atoms with Crippen LogP contribution in [0.3, 0.4) is 0 Å². The van der Waals surface area contributed by atoms with E-state index in [1.165, 1.54) is 0 Å². The monoisotopic (exact) mass is 242 g/mol. The van der Waals surface area contributed by atoms with Crippen LogP contribution in [0.4, 0.5) is 0 Å². The summed E-state index contributed by atoms with van der Waals surface area (Å²) >= 11 is 0. The molecule has 1 rings (SSSR count). The summed E-state index contributed by atoms with van der Waals surface area (Å²) in [4.78, 5) is 25.1. The van der Waals surface area contributed by atoms with Crippen molar-refractivity contribution in [3.8, 4) is 0 Å². The van der Waals surface area contributed by atoms with Gasteiger partial charge in [-0.15, -0.1) is 0 Å². The number of ether oxygens (including phenoxy) is 1. The standard InChI is InChI=1S/C12H22N2O3/c1-3-10(13)11(15)14-7-5-9(6-8-14)12(16)17-4-2/h9-10H,3-8,13H2,1-2H3/t10-/m0/s1. The maximum atomic E-state index is 11.8. The van der Waals surface area contributed by atoms with E-state index < -0.39 is 6.04 Å². The Balaban J connectivity index is 2.40. The van der Waals surface area contributed by atoms with Crippen LogP contribution < -0.4 is 5.73 Å². The van der Waals surface area contributed by atoms with Crippen molar-refractivity contribution < 1.29 is 14.3 Å². The average Bonchev–Trinajstić information content (AvgIpc) is 2.37. The summed E-state index contributed by atoms with van der Waals surface area (Å²) in [5.41, 5.74) is 5.71. The van der Waals surface area contributed by atoms with E-state index in [-0.39, 0.29) is 17.8 Å². The van der Waals surface area contributed by atoms with Gasteiger partial charge in [-0.3, -0.25) is 9.59 Å². The molecule has 0 saturated carbocycles. The zero-order chi connectivity index (χ0) is 12.8. The molecule has 1 aliphatic rings. The van der Waals surface area contributed by atoms with Crippen molar-refractivity contribution in [2.75, 3.05) is 19.7 Å². The van der Waals surface area contributed by atoms with Gasteiger partial charge in [0.2, 0.25) is 5.91 Å². The lowest BCUT2D eigenvalue weighted by Gasteiger charge is -2.32. The van der Waals surface area contributed by atoms with Gasteiger partial charge in [0.15, 0.2) is 0 Å². The molecule has 0 spiro atoms. The summed E-state index contributed by atoms with van der Waals surface area (Å²) in [6, 6.07) is -0.408. The van der Waals surface area contributed by atoms with Crippen LogP contribution in [0.15, 0.2) is 0 Å². The number of esters is 1. The van der Waals surface area contributed by atoms with Gasteiger partial charge in [-0.05, 0) is 26.2 Å². The van der Waals surface area contributed by atoms with Gasteiger partial charge < -0.3 is 15.4 Å². The van der Waals surface area contributed by atoms with E-state index >= 15 is 0 Å². The minimum absolute atomic E-state index is 0.00481. The van der Waals surface area contributed by atoms with Crippen LogP contribution in [0, 0.1) is 5.92 Å². The molecule has 0 aromatic rings. The van der Waals surface area contributed by atoms with E-state index in [9.17, 15) is 9.59 Å². The molecule has 0 radical (unpaired) electrons. The number of carbonyl (C=O) groups excluding carboxylic acids is 2. The number of hydrogen-bond acceptors (Lipinski definition) is 4. The highest BCUT2D eigenvalue weighted by atomic mass is 16.5. The summed E-state index contributed by atoms with van der Waals surface area (Å²) in [6.07, 6.45) is 2.01. The number of likely N-dealkylation sites (tertiary alicyclic amines) is 1. The normalized spacial score (nSPS) is 18.9. The molecule has 0 unspecified atom stereocenters. The Morgan fingerprint density at radius 1 is 1.35 bits per heavy atom. The SMILES string of the molecule is CCOC(=O)C1CCN(C(=O)[C@@H](N)CC)CC1. The first-order valence-corrected chi connectivity index (χ1v) is 6.31. The number of hydrogen-bond donors (Lipinski definition) is 1. The molecule has 0 bridgehead atoms. The van der Waals surface area contributed by atoms with E-state index in [0.717, 1.165) is 0 Å². The molecule has 1 fully saturated rings. The highest BCUT2D eigenvalue weighted by Gasteiger charge is 2.29. The number of piperidine rings is 1. The second kappa shape index (κ2) is 6.59. The highest BCUT2D eigenvalue weighted by molar-refractivity contribution is 5.82. The first kappa shape index (κ1) is 14.0. The molecule has 5 nitrogen and oxygen atoms in total. The third-order valence-corrected chi connectivity index (χ3v) is 3.18. The molecule has 0 aromatic heterocycles. The summed E-state index contributed by atoms with van der Waals surface area (Å²) in [7, 11) is 0. The van der Waals surface area contributed by atoms with E-state index in [1.54, 1.807) is 11.8 Å². The van der Waals surface area contributed by atoms with E-state index in [4.69, 9.17) is 10.5 Å². The zero-order valence-electron chi connectivity index (χ0n) is 10.6. The Labute approximate surface area is 102 Å². The Morgan fingerprint density at radius 2 is 1.94 bits per heavy atom. The average molecular weight is 242 g/mol. The maximum Gasteiger partial charge on any atom is 0.309 e. The van der Waals surface area contributed by atoms with Gasteiger partial charge in [-0.25, -0.2) is 0 Å². The number of rotatable bonds is 4. The molecule has 1 atom stereocenters. The fourth-order valence-corrected chi connectivity index (χ4v) is 2.00. The number of amides is 1. The number of carbonyl (C=O) groups is 2. The Morgan fingerprint density at radius 3 is 2.41 bits per heavy atom. The van der Waals surface area contributed by atoms with Crippen molar-refractivity contribution >= 4 is 11.9 Å². The fraction of sp³-hybridized carbons (Fsp3) is 0.833. The van der Waals surface area contributed by atoms with Crippen molar-refractivity contribution in [3.63, 3.8) is 0 Å². The highest BCUT2D eigenvalue weighted by Crippen LogP contribution is 2.19. The van der Waals surface area contributed by atoms with Gasteiger partial charge in [-0.1, -0.05) is 6.92 Å². The van der Waals surface area contributed by atoms with Crippen molar-refractivity contribution in [1.29, 1.82) is 0 Å². The van der Waals surface area contributed by atoms with Crippen LogP contribution in [-0.4, -0.2) is 42.5 Å². The molecular formula is C12H22N2O3. The van der Waals surface area contributed by atoms with Crippen LogP contribution in [0.5, 0.6) is 0 Å². The third kappa shape index (κ3) is 3.70. The van der Waals surface area contributed by atoms with Crippen molar-refractivity contribution in [3.05, 3.63) is 0 Å². The van der Waals surface area contributed by atoms with Gasteiger partial charge >= 0.3 is 5.97 Å². The number of nitrogens with two attached hydrogens (primary N) is 1. The van der Waals surface area contributed by atoms with Crippen LogP contribution >= 0.6 is 0 Å². The second-order valence-corrected chi connectivity index (χ2v) is 4.37. The summed E-state index contributed by atoms with van der Waals surface area (Å²) < 4.78 is 4.98. The molecule has 98 valence electrons. The lowest BCUT2D eigenvalue weighted by molar-refractivity contribution is -0.151. The molecular weight excluding hydrogens is 220 g/mol. The number of nitrogens with zero attached hydrogens (tertiary/aromatic N) is 1. The minimum atomic E-state index is -0.408. The van der Waals surface area contributed by atoms with Crippen molar-refractivity contribution in [2.24, 2.45) is 11.7 Å². The second-order valence-electron chi connectivity index (χ2n) is 4.37. The van der Waals surface area contributed by atoms with Crippen molar-refractivity contribution in [2.45, 2.75) is 39.2 Å². The third-order valence-electron chi connectivity index (χ3n) is 3.18. The van der Waals surface area contributed by atoms with Gasteiger partial charge in [0, 0.05) is 13.1 Å². The molecule has 1 amide bonds. The Hall–Kier alpha value is -1.10. The smallest absolute Gasteiger partial charge is 0.309 e. The molecule has 5 heteroatoms. The molecule has 1 heterocycles. The molecule has 1 aliphatic heterocycles. The first-order valence-electron chi connectivity index (χ1n) is 6.31. The summed E-state index contributed by atoms with van der Waals surface area (Å²) in [6.45, 7) is 5.33. The predicted octanol–water partition coefficient (Wildman–Crippen LogP) is 0.525. The summed E-state index contributed by atoms with van der Waals surface area (Å²) in [5, 5.41) is 0.